The Balaban J connectivity index is 0.00000288. The van der Waals surface area contributed by atoms with Gasteiger partial charge in [-0.3, -0.25) is 4.98 Å². The maximum absolute atomic E-state index is 5.16. The summed E-state index contributed by atoms with van der Waals surface area (Å²) >= 11 is 0. The van der Waals surface area contributed by atoms with E-state index in [2.05, 4.69) is 27.5 Å². The summed E-state index contributed by atoms with van der Waals surface area (Å²) in [5, 5.41) is 6.59. The number of aromatic nitrogens is 1. The van der Waals surface area contributed by atoms with Crippen molar-refractivity contribution in [3.05, 3.63) is 59.9 Å². The Labute approximate surface area is 161 Å². The van der Waals surface area contributed by atoms with Gasteiger partial charge in [0, 0.05) is 31.4 Å². The lowest BCUT2D eigenvalue weighted by Crippen LogP contribution is -2.38. The largest absolute Gasteiger partial charge is 0.497 e. The molecule has 2 N–H and O–H groups in total. The zero-order valence-electron chi connectivity index (χ0n) is 14.2. The van der Waals surface area contributed by atoms with Gasteiger partial charge < -0.3 is 15.4 Å². The van der Waals surface area contributed by atoms with E-state index in [-0.39, 0.29) is 24.0 Å². The van der Waals surface area contributed by atoms with Crippen molar-refractivity contribution in [3.63, 3.8) is 0 Å². The molecule has 24 heavy (non-hydrogen) atoms. The lowest BCUT2D eigenvalue weighted by Gasteiger charge is -2.11. The highest BCUT2D eigenvalue weighted by atomic mass is 127. The fourth-order valence-electron chi connectivity index (χ4n) is 2.10. The summed E-state index contributed by atoms with van der Waals surface area (Å²) in [4.78, 5) is 8.92. The van der Waals surface area contributed by atoms with Crippen molar-refractivity contribution in [2.75, 3.05) is 20.2 Å². The van der Waals surface area contributed by atoms with E-state index in [0.29, 0.717) is 6.54 Å². The smallest absolute Gasteiger partial charge is 0.191 e. The summed E-state index contributed by atoms with van der Waals surface area (Å²) in [7, 11) is 1.67. The topological polar surface area (TPSA) is 58.5 Å². The second kappa shape index (κ2) is 11.7. The first-order valence-electron chi connectivity index (χ1n) is 7.87. The van der Waals surface area contributed by atoms with Crippen molar-refractivity contribution in [2.24, 2.45) is 4.99 Å². The van der Waals surface area contributed by atoms with Crippen molar-refractivity contribution in [1.82, 2.24) is 15.6 Å². The van der Waals surface area contributed by atoms with Crippen LogP contribution in [0, 0.1) is 0 Å². The molecule has 0 radical (unpaired) electrons. The molecule has 1 heterocycles. The molecule has 6 heteroatoms. The van der Waals surface area contributed by atoms with Gasteiger partial charge in [0.15, 0.2) is 5.96 Å². The Morgan fingerprint density at radius 2 is 1.92 bits per heavy atom. The third kappa shape index (κ3) is 7.16. The monoisotopic (exact) mass is 440 g/mol. The van der Waals surface area contributed by atoms with Gasteiger partial charge in [-0.1, -0.05) is 18.2 Å². The molecule has 2 rings (SSSR count). The first-order valence-corrected chi connectivity index (χ1v) is 7.87. The van der Waals surface area contributed by atoms with E-state index >= 15 is 0 Å². The quantitative estimate of drug-likeness (QED) is 0.395. The zero-order chi connectivity index (χ0) is 16.3. The van der Waals surface area contributed by atoms with E-state index in [1.54, 1.807) is 7.11 Å². The Morgan fingerprint density at radius 3 is 2.54 bits per heavy atom. The van der Waals surface area contributed by atoms with Gasteiger partial charge in [-0.15, -0.1) is 24.0 Å². The maximum atomic E-state index is 5.16. The van der Waals surface area contributed by atoms with Crippen LogP contribution >= 0.6 is 24.0 Å². The van der Waals surface area contributed by atoms with Gasteiger partial charge in [0.2, 0.25) is 0 Å². The van der Waals surface area contributed by atoms with Gasteiger partial charge >= 0.3 is 0 Å². The molecular weight excluding hydrogens is 415 g/mol. The van der Waals surface area contributed by atoms with Crippen molar-refractivity contribution < 1.29 is 4.74 Å². The first kappa shape index (κ1) is 20.2. The molecule has 130 valence electrons. The second-order valence-corrected chi connectivity index (χ2v) is 5.04. The molecule has 0 unspecified atom stereocenters. The minimum atomic E-state index is 0. The molecule has 0 spiro atoms. The Morgan fingerprint density at radius 1 is 1.12 bits per heavy atom. The molecule has 0 saturated heterocycles. The van der Waals surface area contributed by atoms with Crippen LogP contribution in [-0.2, 0) is 13.0 Å². The Hall–Kier alpha value is -1.83. The van der Waals surface area contributed by atoms with E-state index in [9.17, 15) is 0 Å². The molecule has 0 atom stereocenters. The number of pyridine rings is 1. The lowest BCUT2D eigenvalue weighted by molar-refractivity contribution is 0.414. The third-order valence-corrected chi connectivity index (χ3v) is 3.32. The number of nitrogens with one attached hydrogen (secondary N) is 2. The van der Waals surface area contributed by atoms with Crippen molar-refractivity contribution in [1.29, 1.82) is 0 Å². The number of aliphatic imine (C=N–C) groups is 1. The summed E-state index contributed by atoms with van der Waals surface area (Å²) in [6.45, 7) is 4.32. The average molecular weight is 440 g/mol. The Bertz CT molecular complexity index is 602. The number of guanidine groups is 1. The molecule has 0 amide bonds. The minimum Gasteiger partial charge on any atom is -0.497 e. The maximum Gasteiger partial charge on any atom is 0.191 e. The van der Waals surface area contributed by atoms with Gasteiger partial charge in [0.05, 0.1) is 13.7 Å². The van der Waals surface area contributed by atoms with Crippen LogP contribution in [0.3, 0.4) is 0 Å². The van der Waals surface area contributed by atoms with Crippen LogP contribution in [0.15, 0.2) is 53.7 Å². The van der Waals surface area contributed by atoms with E-state index in [4.69, 9.17) is 4.74 Å². The summed E-state index contributed by atoms with van der Waals surface area (Å²) < 4.78 is 5.16. The van der Waals surface area contributed by atoms with Crippen LogP contribution in [0.4, 0.5) is 0 Å². The van der Waals surface area contributed by atoms with Crippen molar-refractivity contribution >= 4 is 29.9 Å². The number of hydrogen-bond acceptors (Lipinski definition) is 3. The highest BCUT2D eigenvalue weighted by Crippen LogP contribution is 2.11. The molecular formula is C18H25IN4O. The van der Waals surface area contributed by atoms with Crippen LogP contribution in [0.5, 0.6) is 5.75 Å². The lowest BCUT2D eigenvalue weighted by atomic mass is 10.2. The molecule has 0 bridgehead atoms. The van der Waals surface area contributed by atoms with Gasteiger partial charge in [-0.05, 0) is 36.8 Å². The predicted molar refractivity (Wildman–Crippen MR) is 109 cm³/mol. The average Bonchev–Trinajstić information content (AvgIpc) is 2.61. The van der Waals surface area contributed by atoms with E-state index in [0.717, 1.165) is 42.5 Å². The standard InChI is InChI=1S/C18H24N4O.HI/c1-3-19-18(21-13-11-16-6-4-5-12-20-16)22-14-15-7-9-17(23-2)10-8-15;/h4-10,12H,3,11,13-14H2,1-2H3,(H2,19,21,22);1H. The molecule has 1 aromatic heterocycles. The third-order valence-electron chi connectivity index (χ3n) is 3.32. The number of rotatable bonds is 7. The summed E-state index contributed by atoms with van der Waals surface area (Å²) in [5.74, 6) is 1.68. The van der Waals surface area contributed by atoms with E-state index in [1.165, 1.54) is 0 Å². The predicted octanol–water partition coefficient (Wildman–Crippen LogP) is 3.01. The van der Waals surface area contributed by atoms with Crippen LogP contribution in [-0.4, -0.2) is 31.1 Å². The van der Waals surface area contributed by atoms with Gasteiger partial charge in [0.25, 0.3) is 0 Å². The van der Waals surface area contributed by atoms with E-state index in [1.807, 2.05) is 48.7 Å². The fraction of sp³-hybridized carbons (Fsp3) is 0.333. The molecule has 0 saturated carbocycles. The van der Waals surface area contributed by atoms with E-state index < -0.39 is 0 Å². The summed E-state index contributed by atoms with van der Waals surface area (Å²) in [6.07, 6.45) is 2.69. The van der Waals surface area contributed by atoms with Gasteiger partial charge in [-0.2, -0.15) is 0 Å². The Kier molecular flexibility index (Phi) is 9.83. The molecule has 0 fully saturated rings. The first-order chi connectivity index (χ1) is 11.3. The SMILES string of the molecule is CCNC(=NCc1ccc(OC)cc1)NCCc1ccccn1.I. The van der Waals surface area contributed by atoms with Crippen molar-refractivity contribution in [2.45, 2.75) is 19.9 Å². The number of hydrogen-bond donors (Lipinski definition) is 2. The highest BCUT2D eigenvalue weighted by molar-refractivity contribution is 14.0. The molecule has 2 aromatic rings. The number of methoxy groups -OCH3 is 1. The fourth-order valence-corrected chi connectivity index (χ4v) is 2.10. The van der Waals surface area contributed by atoms with Gasteiger partial charge in [0.1, 0.15) is 5.75 Å². The highest BCUT2D eigenvalue weighted by Gasteiger charge is 1.99. The van der Waals surface area contributed by atoms with Crippen LogP contribution in [0.25, 0.3) is 0 Å². The van der Waals surface area contributed by atoms with Crippen LogP contribution in [0.1, 0.15) is 18.2 Å². The normalized spacial score (nSPS) is 10.7. The van der Waals surface area contributed by atoms with Crippen LogP contribution in [0.2, 0.25) is 0 Å². The summed E-state index contributed by atoms with van der Waals surface area (Å²) in [6, 6.07) is 13.9. The molecule has 5 nitrogen and oxygen atoms in total. The van der Waals surface area contributed by atoms with Crippen molar-refractivity contribution in [3.8, 4) is 5.75 Å². The number of benzene rings is 1. The van der Waals surface area contributed by atoms with Crippen LogP contribution < -0.4 is 15.4 Å². The number of halogens is 1. The molecule has 0 aliphatic rings. The number of nitrogens with zero attached hydrogens (tertiary/aromatic N) is 2. The zero-order valence-corrected chi connectivity index (χ0v) is 16.5. The summed E-state index contributed by atoms with van der Waals surface area (Å²) in [5.41, 5.74) is 2.22. The molecule has 0 aliphatic carbocycles. The molecule has 1 aromatic carbocycles. The van der Waals surface area contributed by atoms with Gasteiger partial charge in [-0.25, -0.2) is 4.99 Å². The minimum absolute atomic E-state index is 0. The molecule has 0 aliphatic heterocycles. The second-order valence-electron chi connectivity index (χ2n) is 5.04. The number of ether oxygens (including phenoxy) is 1.